The van der Waals surface area contributed by atoms with Crippen molar-refractivity contribution in [1.82, 2.24) is 4.90 Å². The van der Waals surface area contributed by atoms with Gasteiger partial charge in [-0.1, -0.05) is 6.07 Å². The number of hydrogen-bond acceptors (Lipinski definition) is 2. The van der Waals surface area contributed by atoms with E-state index in [9.17, 15) is 18.4 Å². The molecule has 0 spiro atoms. The van der Waals surface area contributed by atoms with E-state index in [1.807, 2.05) is 0 Å². The van der Waals surface area contributed by atoms with Gasteiger partial charge in [0, 0.05) is 0 Å². The van der Waals surface area contributed by atoms with Gasteiger partial charge in [-0.05, 0) is 24.6 Å². The van der Waals surface area contributed by atoms with Crippen molar-refractivity contribution in [3.63, 3.8) is 0 Å². The molecule has 1 saturated heterocycles. The van der Waals surface area contributed by atoms with Crippen LogP contribution in [0.25, 0.3) is 0 Å². The normalized spacial score (nSPS) is 17.7. The number of benzene rings is 1. The molecule has 1 amide bonds. The van der Waals surface area contributed by atoms with E-state index in [4.69, 9.17) is 0 Å². The number of amides is 1. The molecule has 1 aromatic rings. The van der Waals surface area contributed by atoms with Gasteiger partial charge in [0.05, 0.1) is 19.0 Å². The summed E-state index contributed by atoms with van der Waals surface area (Å²) in [5.74, 6) is -2.30. The SMILES string of the molecule is CC(c1ccc(F)c(F)c1)N1CC(=O)CC1=O. The van der Waals surface area contributed by atoms with Gasteiger partial charge in [-0.2, -0.15) is 0 Å². The Morgan fingerprint density at radius 2 is 1.94 bits per heavy atom. The first kappa shape index (κ1) is 11.7. The standard InChI is InChI=1S/C12H11F2NO2/c1-7(15-6-9(16)5-12(15)17)8-2-3-10(13)11(14)4-8/h2-4,7H,5-6H2,1H3. The fourth-order valence-electron chi connectivity index (χ4n) is 1.91. The highest BCUT2D eigenvalue weighted by Crippen LogP contribution is 2.25. The zero-order valence-corrected chi connectivity index (χ0v) is 9.24. The smallest absolute Gasteiger partial charge is 0.230 e. The van der Waals surface area contributed by atoms with Crippen LogP contribution < -0.4 is 0 Å². The van der Waals surface area contributed by atoms with Crippen molar-refractivity contribution in [2.75, 3.05) is 6.54 Å². The first-order chi connectivity index (χ1) is 7.99. The Labute approximate surface area is 97.0 Å². The zero-order valence-electron chi connectivity index (χ0n) is 9.24. The van der Waals surface area contributed by atoms with Gasteiger partial charge in [-0.3, -0.25) is 9.59 Å². The summed E-state index contributed by atoms with van der Waals surface area (Å²) < 4.78 is 25.8. The van der Waals surface area contributed by atoms with E-state index >= 15 is 0 Å². The van der Waals surface area contributed by atoms with E-state index in [1.54, 1.807) is 6.92 Å². The maximum atomic E-state index is 13.1. The molecule has 1 unspecified atom stereocenters. The van der Waals surface area contributed by atoms with E-state index in [0.29, 0.717) is 5.56 Å². The lowest BCUT2D eigenvalue weighted by Gasteiger charge is -2.23. The van der Waals surface area contributed by atoms with Crippen molar-refractivity contribution in [1.29, 1.82) is 0 Å². The Hall–Kier alpha value is -1.78. The van der Waals surface area contributed by atoms with Crippen LogP contribution in [0.15, 0.2) is 18.2 Å². The van der Waals surface area contributed by atoms with Gasteiger partial charge < -0.3 is 4.90 Å². The van der Waals surface area contributed by atoms with Crippen molar-refractivity contribution in [3.05, 3.63) is 35.4 Å². The van der Waals surface area contributed by atoms with Gasteiger partial charge in [0.2, 0.25) is 5.91 Å². The van der Waals surface area contributed by atoms with Crippen LogP contribution in [-0.2, 0) is 9.59 Å². The summed E-state index contributed by atoms with van der Waals surface area (Å²) >= 11 is 0. The van der Waals surface area contributed by atoms with Gasteiger partial charge in [0.15, 0.2) is 17.4 Å². The van der Waals surface area contributed by atoms with Crippen molar-refractivity contribution in [2.45, 2.75) is 19.4 Å². The minimum Gasteiger partial charge on any atom is -0.328 e. The fraction of sp³-hybridized carbons (Fsp3) is 0.333. The summed E-state index contributed by atoms with van der Waals surface area (Å²) in [6.07, 6.45) is -0.103. The molecule has 0 saturated carbocycles. The second-order valence-electron chi connectivity index (χ2n) is 4.09. The van der Waals surface area contributed by atoms with Crippen LogP contribution in [0.3, 0.4) is 0 Å². The molecule has 1 atom stereocenters. The molecule has 1 aliphatic heterocycles. The molecule has 1 aromatic carbocycles. The second kappa shape index (κ2) is 4.24. The molecular formula is C12H11F2NO2. The Balaban J connectivity index is 2.25. The van der Waals surface area contributed by atoms with E-state index < -0.39 is 17.7 Å². The van der Waals surface area contributed by atoms with Crippen molar-refractivity contribution in [3.8, 4) is 0 Å². The summed E-state index contributed by atoms with van der Waals surface area (Å²) in [5.41, 5.74) is 0.479. The summed E-state index contributed by atoms with van der Waals surface area (Å²) in [6.45, 7) is 1.72. The quantitative estimate of drug-likeness (QED) is 0.738. The predicted molar refractivity (Wildman–Crippen MR) is 56.1 cm³/mol. The zero-order chi connectivity index (χ0) is 12.6. The molecule has 5 heteroatoms. The maximum absolute atomic E-state index is 13.1. The number of carbonyl (C=O) groups excluding carboxylic acids is 2. The highest BCUT2D eigenvalue weighted by atomic mass is 19.2. The Kier molecular flexibility index (Phi) is 2.92. The average Bonchev–Trinajstić information content (AvgIpc) is 2.61. The van der Waals surface area contributed by atoms with E-state index in [2.05, 4.69) is 0 Å². The molecule has 1 heterocycles. The topological polar surface area (TPSA) is 37.4 Å². The van der Waals surface area contributed by atoms with E-state index in [1.165, 1.54) is 11.0 Å². The highest BCUT2D eigenvalue weighted by Gasteiger charge is 2.31. The molecule has 0 radical (unpaired) electrons. The van der Waals surface area contributed by atoms with Crippen LogP contribution in [0.2, 0.25) is 0 Å². The summed E-state index contributed by atoms with van der Waals surface area (Å²) in [6, 6.07) is 3.06. The maximum Gasteiger partial charge on any atom is 0.230 e. The molecule has 0 aromatic heterocycles. The van der Waals surface area contributed by atoms with Gasteiger partial charge in [0.25, 0.3) is 0 Å². The monoisotopic (exact) mass is 239 g/mol. The predicted octanol–water partition coefficient (Wildman–Crippen LogP) is 1.83. The number of halogens is 2. The molecule has 3 nitrogen and oxygen atoms in total. The number of Topliss-reactive ketones (excluding diaryl/α,β-unsaturated/α-hetero) is 1. The van der Waals surface area contributed by atoms with Gasteiger partial charge >= 0.3 is 0 Å². The third kappa shape index (κ3) is 2.18. The molecule has 0 bridgehead atoms. The average molecular weight is 239 g/mol. The highest BCUT2D eigenvalue weighted by molar-refractivity contribution is 6.05. The van der Waals surface area contributed by atoms with Crippen molar-refractivity contribution < 1.29 is 18.4 Å². The lowest BCUT2D eigenvalue weighted by Crippen LogP contribution is -2.28. The fourth-order valence-corrected chi connectivity index (χ4v) is 1.91. The molecule has 1 aliphatic rings. The summed E-state index contributed by atoms with van der Waals surface area (Å²) in [7, 11) is 0. The molecule has 2 rings (SSSR count). The van der Waals surface area contributed by atoms with Crippen molar-refractivity contribution in [2.24, 2.45) is 0 Å². The Morgan fingerprint density at radius 1 is 1.24 bits per heavy atom. The van der Waals surface area contributed by atoms with Crippen molar-refractivity contribution >= 4 is 11.7 Å². The lowest BCUT2D eigenvalue weighted by atomic mass is 10.1. The lowest BCUT2D eigenvalue weighted by molar-refractivity contribution is -0.129. The van der Waals surface area contributed by atoms with E-state index in [0.717, 1.165) is 12.1 Å². The summed E-state index contributed by atoms with van der Waals surface area (Å²) in [4.78, 5) is 24.0. The van der Waals surface area contributed by atoms with Crippen LogP contribution in [-0.4, -0.2) is 23.1 Å². The Morgan fingerprint density at radius 3 is 2.47 bits per heavy atom. The first-order valence-electron chi connectivity index (χ1n) is 5.25. The minimum atomic E-state index is -0.952. The number of likely N-dealkylation sites (tertiary alicyclic amines) is 1. The van der Waals surface area contributed by atoms with Gasteiger partial charge in [-0.15, -0.1) is 0 Å². The van der Waals surface area contributed by atoms with Crippen LogP contribution in [0.4, 0.5) is 8.78 Å². The number of ketones is 1. The van der Waals surface area contributed by atoms with Crippen LogP contribution in [0, 0.1) is 11.6 Å². The third-order valence-corrected chi connectivity index (χ3v) is 2.91. The molecule has 17 heavy (non-hydrogen) atoms. The summed E-state index contributed by atoms with van der Waals surface area (Å²) in [5, 5.41) is 0. The largest absolute Gasteiger partial charge is 0.328 e. The molecular weight excluding hydrogens is 228 g/mol. The van der Waals surface area contributed by atoms with Gasteiger partial charge in [0.1, 0.15) is 0 Å². The van der Waals surface area contributed by atoms with Crippen LogP contribution in [0.5, 0.6) is 0 Å². The second-order valence-corrected chi connectivity index (χ2v) is 4.09. The molecule has 0 aliphatic carbocycles. The molecule has 0 N–H and O–H groups in total. The number of carbonyl (C=O) groups is 2. The van der Waals surface area contributed by atoms with Crippen LogP contribution in [0.1, 0.15) is 24.9 Å². The van der Waals surface area contributed by atoms with E-state index in [-0.39, 0.29) is 24.7 Å². The molecule has 1 fully saturated rings. The first-order valence-corrected chi connectivity index (χ1v) is 5.25. The number of rotatable bonds is 2. The number of hydrogen-bond donors (Lipinski definition) is 0. The minimum absolute atomic E-state index is 0.0407. The van der Waals surface area contributed by atoms with Crippen LogP contribution >= 0.6 is 0 Å². The van der Waals surface area contributed by atoms with Gasteiger partial charge in [-0.25, -0.2) is 8.78 Å². The number of nitrogens with zero attached hydrogens (tertiary/aromatic N) is 1. The Bertz CT molecular complexity index is 487. The third-order valence-electron chi connectivity index (χ3n) is 2.91. The molecule has 90 valence electrons.